The van der Waals surface area contributed by atoms with Gasteiger partial charge in [-0.05, 0) is 49.2 Å². The highest BCUT2D eigenvalue weighted by Gasteiger charge is 2.15. The second-order valence-electron chi connectivity index (χ2n) is 4.72. The van der Waals surface area contributed by atoms with Crippen LogP contribution in [0, 0.1) is 6.92 Å². The molecule has 1 amide bonds. The summed E-state index contributed by atoms with van der Waals surface area (Å²) in [5.41, 5.74) is 3.77. The first-order valence-corrected chi connectivity index (χ1v) is 7.22. The minimum atomic E-state index is 0.0132. The highest BCUT2D eigenvalue weighted by atomic mass is 35.5. The average Bonchev–Trinajstić information content (AvgIpc) is 2.48. The zero-order chi connectivity index (χ0) is 14.5. The van der Waals surface area contributed by atoms with Crippen LogP contribution in [0.5, 0.6) is 0 Å². The van der Waals surface area contributed by atoms with Gasteiger partial charge in [-0.15, -0.1) is 11.6 Å². The van der Waals surface area contributed by atoms with Crippen LogP contribution in [0.1, 0.15) is 28.4 Å². The molecule has 0 unspecified atom stereocenters. The number of aryl methyl sites for hydroxylation is 1. The monoisotopic (exact) mass is 287 g/mol. The summed E-state index contributed by atoms with van der Waals surface area (Å²) < 4.78 is 0. The van der Waals surface area contributed by atoms with Gasteiger partial charge in [-0.3, -0.25) is 4.79 Å². The standard InChI is InChI=1S/C17H18ClNO/c1-3-19(16-6-4-5-13(2)11-16)17(20)15-9-7-14(12-18)8-10-15/h4-11H,3,12H2,1-2H3. The van der Waals surface area contributed by atoms with Crippen molar-refractivity contribution >= 4 is 23.2 Å². The SMILES string of the molecule is CCN(C(=O)c1ccc(CCl)cc1)c1cccc(C)c1. The number of amides is 1. The number of anilines is 1. The number of carbonyl (C=O) groups excluding carboxylic acids is 1. The lowest BCUT2D eigenvalue weighted by Crippen LogP contribution is -2.30. The summed E-state index contributed by atoms with van der Waals surface area (Å²) in [7, 11) is 0. The van der Waals surface area contributed by atoms with Gasteiger partial charge in [-0.2, -0.15) is 0 Å². The molecule has 0 N–H and O–H groups in total. The Balaban J connectivity index is 2.28. The fraction of sp³-hybridized carbons (Fsp3) is 0.235. The van der Waals surface area contributed by atoms with Crippen LogP contribution in [0.4, 0.5) is 5.69 Å². The van der Waals surface area contributed by atoms with Crippen LogP contribution in [0.15, 0.2) is 48.5 Å². The minimum absolute atomic E-state index is 0.0132. The molecule has 0 saturated heterocycles. The van der Waals surface area contributed by atoms with Gasteiger partial charge in [0.05, 0.1) is 0 Å². The molecule has 0 spiro atoms. The molecule has 20 heavy (non-hydrogen) atoms. The molecule has 3 heteroatoms. The summed E-state index contributed by atoms with van der Waals surface area (Å²) in [6.45, 7) is 4.64. The van der Waals surface area contributed by atoms with Crippen molar-refractivity contribution in [3.05, 3.63) is 65.2 Å². The van der Waals surface area contributed by atoms with E-state index in [1.807, 2.05) is 62.4 Å². The van der Waals surface area contributed by atoms with Crippen molar-refractivity contribution in [2.75, 3.05) is 11.4 Å². The van der Waals surface area contributed by atoms with Gasteiger partial charge in [0.1, 0.15) is 0 Å². The summed E-state index contributed by atoms with van der Waals surface area (Å²) in [6, 6.07) is 15.4. The summed E-state index contributed by atoms with van der Waals surface area (Å²) >= 11 is 5.77. The summed E-state index contributed by atoms with van der Waals surface area (Å²) in [5, 5.41) is 0. The van der Waals surface area contributed by atoms with Crippen LogP contribution in [0.2, 0.25) is 0 Å². The van der Waals surface area contributed by atoms with Crippen LogP contribution >= 0.6 is 11.6 Å². The van der Waals surface area contributed by atoms with Gasteiger partial charge in [0.15, 0.2) is 0 Å². The van der Waals surface area contributed by atoms with E-state index in [0.717, 1.165) is 16.8 Å². The molecule has 2 nitrogen and oxygen atoms in total. The Kier molecular flexibility index (Phi) is 4.80. The van der Waals surface area contributed by atoms with Gasteiger partial charge >= 0.3 is 0 Å². The maximum absolute atomic E-state index is 12.6. The molecule has 0 heterocycles. The molecule has 0 aromatic heterocycles. The van der Waals surface area contributed by atoms with Crippen molar-refractivity contribution in [2.24, 2.45) is 0 Å². The second-order valence-corrected chi connectivity index (χ2v) is 4.99. The summed E-state index contributed by atoms with van der Waals surface area (Å²) in [4.78, 5) is 14.4. The van der Waals surface area contributed by atoms with E-state index >= 15 is 0 Å². The predicted molar refractivity (Wildman–Crippen MR) is 84.5 cm³/mol. The smallest absolute Gasteiger partial charge is 0.258 e. The lowest BCUT2D eigenvalue weighted by molar-refractivity contribution is 0.0988. The third-order valence-corrected chi connectivity index (χ3v) is 3.54. The molecule has 0 fully saturated rings. The van der Waals surface area contributed by atoms with Crippen LogP contribution in [0.3, 0.4) is 0 Å². The lowest BCUT2D eigenvalue weighted by atomic mass is 10.1. The Bertz CT molecular complexity index is 592. The maximum atomic E-state index is 12.6. The molecule has 0 radical (unpaired) electrons. The number of nitrogens with zero attached hydrogens (tertiary/aromatic N) is 1. The van der Waals surface area contributed by atoms with Gasteiger partial charge in [0.25, 0.3) is 5.91 Å². The van der Waals surface area contributed by atoms with Crippen LogP contribution < -0.4 is 4.90 Å². The number of hydrogen-bond acceptors (Lipinski definition) is 1. The highest BCUT2D eigenvalue weighted by Crippen LogP contribution is 2.19. The first-order chi connectivity index (χ1) is 9.65. The molecular weight excluding hydrogens is 270 g/mol. The van der Waals surface area contributed by atoms with E-state index in [-0.39, 0.29) is 5.91 Å². The van der Waals surface area contributed by atoms with E-state index in [1.54, 1.807) is 4.90 Å². The van der Waals surface area contributed by atoms with E-state index in [4.69, 9.17) is 11.6 Å². The Labute approximate surface area is 125 Å². The van der Waals surface area contributed by atoms with Crippen molar-refractivity contribution in [1.29, 1.82) is 0 Å². The Morgan fingerprint density at radius 1 is 1.15 bits per heavy atom. The Morgan fingerprint density at radius 2 is 1.85 bits per heavy atom. The number of alkyl halides is 1. The minimum Gasteiger partial charge on any atom is -0.309 e. The van der Waals surface area contributed by atoms with Gasteiger partial charge < -0.3 is 4.90 Å². The molecule has 0 bridgehead atoms. The zero-order valence-corrected chi connectivity index (χ0v) is 12.5. The van der Waals surface area contributed by atoms with Gasteiger partial charge in [0.2, 0.25) is 0 Å². The fourth-order valence-electron chi connectivity index (χ4n) is 2.13. The molecule has 2 aromatic carbocycles. The van der Waals surface area contributed by atoms with Crippen LogP contribution in [-0.4, -0.2) is 12.5 Å². The molecule has 0 atom stereocenters. The van der Waals surface area contributed by atoms with Crippen molar-refractivity contribution in [1.82, 2.24) is 0 Å². The van der Waals surface area contributed by atoms with Crippen molar-refractivity contribution in [3.63, 3.8) is 0 Å². The summed E-state index contributed by atoms with van der Waals surface area (Å²) in [6.07, 6.45) is 0. The quantitative estimate of drug-likeness (QED) is 0.763. The highest BCUT2D eigenvalue weighted by molar-refractivity contribution is 6.17. The molecule has 2 aromatic rings. The number of hydrogen-bond donors (Lipinski definition) is 0. The first-order valence-electron chi connectivity index (χ1n) is 6.69. The van der Waals surface area contributed by atoms with Crippen molar-refractivity contribution in [2.45, 2.75) is 19.7 Å². The van der Waals surface area contributed by atoms with Gasteiger partial charge in [-0.25, -0.2) is 0 Å². The second kappa shape index (κ2) is 6.58. The maximum Gasteiger partial charge on any atom is 0.258 e. The van der Waals surface area contributed by atoms with E-state index in [1.165, 1.54) is 0 Å². The molecule has 0 aliphatic carbocycles. The summed E-state index contributed by atoms with van der Waals surface area (Å²) in [5.74, 6) is 0.475. The van der Waals surface area contributed by atoms with E-state index in [2.05, 4.69) is 0 Å². The molecule has 0 aliphatic rings. The molecule has 2 rings (SSSR count). The largest absolute Gasteiger partial charge is 0.309 e. The van der Waals surface area contributed by atoms with Crippen molar-refractivity contribution in [3.8, 4) is 0 Å². The zero-order valence-electron chi connectivity index (χ0n) is 11.8. The van der Waals surface area contributed by atoms with Crippen LogP contribution in [0.25, 0.3) is 0 Å². The molecule has 104 valence electrons. The van der Waals surface area contributed by atoms with E-state index in [0.29, 0.717) is 18.0 Å². The van der Waals surface area contributed by atoms with Gasteiger partial charge in [0, 0.05) is 23.7 Å². The fourth-order valence-corrected chi connectivity index (χ4v) is 2.31. The Hall–Kier alpha value is -1.80. The van der Waals surface area contributed by atoms with Crippen molar-refractivity contribution < 1.29 is 4.79 Å². The van der Waals surface area contributed by atoms with Gasteiger partial charge in [-0.1, -0.05) is 24.3 Å². The van der Waals surface area contributed by atoms with Crippen LogP contribution in [-0.2, 0) is 5.88 Å². The average molecular weight is 288 g/mol. The van der Waals surface area contributed by atoms with E-state index < -0.39 is 0 Å². The van der Waals surface area contributed by atoms with E-state index in [9.17, 15) is 4.79 Å². The third kappa shape index (κ3) is 3.20. The number of halogens is 1. The third-order valence-electron chi connectivity index (χ3n) is 3.23. The molecule has 0 saturated carbocycles. The molecular formula is C17H18ClNO. The number of benzene rings is 2. The number of rotatable bonds is 4. The lowest BCUT2D eigenvalue weighted by Gasteiger charge is -2.21. The topological polar surface area (TPSA) is 20.3 Å². The first kappa shape index (κ1) is 14.6. The predicted octanol–water partition coefficient (Wildman–Crippen LogP) is 4.40. The molecule has 0 aliphatic heterocycles. The normalized spacial score (nSPS) is 10.3. The Morgan fingerprint density at radius 3 is 2.40 bits per heavy atom. The number of carbonyl (C=O) groups is 1.